The molecule has 0 aliphatic rings. The summed E-state index contributed by atoms with van der Waals surface area (Å²) >= 11 is 0. The molecule has 1 heterocycles. The SMILES string of the molecule is c1ccc(-c2cc(-c3cc(-c4ccc5c(c4)c4ccccc4n5-c4cccc5ccccc45)ccc3Nc3ccc4ccccc4c3)ccc2Nc2ccc3ccccc3c2)cc1. The molecule has 0 aliphatic carbocycles. The van der Waals surface area contributed by atoms with Crippen molar-refractivity contribution in [1.82, 2.24) is 4.57 Å². The molecule has 12 rings (SSSR count). The van der Waals surface area contributed by atoms with E-state index < -0.39 is 0 Å². The summed E-state index contributed by atoms with van der Waals surface area (Å²) in [6.07, 6.45) is 0. The van der Waals surface area contributed by atoms with Gasteiger partial charge in [0.2, 0.25) is 0 Å². The van der Waals surface area contributed by atoms with Gasteiger partial charge in [-0.25, -0.2) is 0 Å². The molecule has 3 heteroatoms. The number of benzene rings is 11. The van der Waals surface area contributed by atoms with Crippen molar-refractivity contribution in [3.8, 4) is 39.1 Å². The van der Waals surface area contributed by atoms with Crippen molar-refractivity contribution in [2.45, 2.75) is 0 Å². The standard InChI is InChI=1S/C60H41N3/c1-2-15-43(16-3-1)53-39-48(28-33-56(53)61-49-30-25-40-13-4-6-18-44(40)35-49)54-37-46(27-32-57(54)62-50-31-26-41-14-5-7-19-45(41)36-50)47-29-34-60-55(38-47)52-22-10-11-23-59(52)63(60)58-24-12-20-42-17-8-9-21-51(42)58/h1-39,61-62H. The van der Waals surface area contributed by atoms with E-state index in [1.165, 1.54) is 65.4 Å². The zero-order chi connectivity index (χ0) is 41.7. The lowest BCUT2D eigenvalue weighted by atomic mass is 9.93. The minimum Gasteiger partial charge on any atom is -0.355 e. The first-order valence-corrected chi connectivity index (χ1v) is 21.6. The Morgan fingerprint density at radius 3 is 1.49 bits per heavy atom. The lowest BCUT2D eigenvalue weighted by Crippen LogP contribution is -1.97. The predicted octanol–water partition coefficient (Wildman–Crippen LogP) is 16.7. The number of nitrogens with zero attached hydrogens (tertiary/aromatic N) is 1. The zero-order valence-corrected chi connectivity index (χ0v) is 34.5. The van der Waals surface area contributed by atoms with Gasteiger partial charge >= 0.3 is 0 Å². The molecule has 0 fully saturated rings. The second-order valence-electron chi connectivity index (χ2n) is 16.3. The van der Waals surface area contributed by atoms with Crippen LogP contribution in [0.4, 0.5) is 22.7 Å². The molecule has 63 heavy (non-hydrogen) atoms. The maximum Gasteiger partial charge on any atom is 0.0541 e. The Hall–Kier alpha value is -8.40. The Morgan fingerprint density at radius 2 is 0.778 bits per heavy atom. The summed E-state index contributed by atoms with van der Waals surface area (Å²) in [4.78, 5) is 0. The lowest BCUT2D eigenvalue weighted by molar-refractivity contribution is 1.20. The second kappa shape index (κ2) is 15.3. The molecule has 12 aromatic rings. The molecule has 3 nitrogen and oxygen atoms in total. The molecule has 0 bridgehead atoms. The average molecular weight is 804 g/mol. The van der Waals surface area contributed by atoms with Gasteiger partial charge in [-0.3, -0.25) is 0 Å². The Bertz CT molecular complexity index is 3690. The molecule has 0 amide bonds. The highest BCUT2D eigenvalue weighted by Gasteiger charge is 2.17. The molecule has 1 aromatic heterocycles. The fourth-order valence-electron chi connectivity index (χ4n) is 9.41. The minimum absolute atomic E-state index is 1.04. The first kappa shape index (κ1) is 36.5. The van der Waals surface area contributed by atoms with Gasteiger partial charge in [-0.15, -0.1) is 0 Å². The number of fused-ring (bicyclic) bond motifs is 6. The van der Waals surface area contributed by atoms with E-state index >= 15 is 0 Å². The monoisotopic (exact) mass is 803 g/mol. The van der Waals surface area contributed by atoms with Crippen LogP contribution in [0, 0.1) is 0 Å². The third kappa shape index (κ3) is 6.64. The van der Waals surface area contributed by atoms with Crippen LogP contribution in [-0.2, 0) is 0 Å². The second-order valence-corrected chi connectivity index (χ2v) is 16.3. The number of rotatable bonds is 8. The van der Waals surface area contributed by atoms with Crippen molar-refractivity contribution in [3.63, 3.8) is 0 Å². The van der Waals surface area contributed by atoms with E-state index in [-0.39, 0.29) is 0 Å². The number of anilines is 4. The summed E-state index contributed by atoms with van der Waals surface area (Å²) in [5.74, 6) is 0. The molecule has 0 spiro atoms. The average Bonchev–Trinajstić information content (AvgIpc) is 3.68. The van der Waals surface area contributed by atoms with E-state index in [1.807, 2.05) is 0 Å². The van der Waals surface area contributed by atoms with Crippen LogP contribution >= 0.6 is 0 Å². The van der Waals surface area contributed by atoms with E-state index in [0.29, 0.717) is 0 Å². The maximum absolute atomic E-state index is 3.84. The van der Waals surface area contributed by atoms with Crippen LogP contribution in [0.25, 0.3) is 93.2 Å². The van der Waals surface area contributed by atoms with Gasteiger partial charge in [0.05, 0.1) is 16.7 Å². The van der Waals surface area contributed by atoms with Gasteiger partial charge in [0.1, 0.15) is 0 Å². The molecule has 0 saturated heterocycles. The Labute approximate surface area is 366 Å². The van der Waals surface area contributed by atoms with Gasteiger partial charge in [0, 0.05) is 50.0 Å². The van der Waals surface area contributed by atoms with Crippen LogP contribution in [0.1, 0.15) is 0 Å². The Balaban J connectivity index is 1.01. The number of hydrogen-bond donors (Lipinski definition) is 2. The molecule has 0 unspecified atom stereocenters. The number of aromatic nitrogens is 1. The van der Waals surface area contributed by atoms with Crippen LogP contribution < -0.4 is 10.6 Å². The van der Waals surface area contributed by atoms with Crippen LogP contribution in [0.5, 0.6) is 0 Å². The largest absolute Gasteiger partial charge is 0.355 e. The molecule has 0 aliphatic heterocycles. The van der Waals surface area contributed by atoms with Gasteiger partial charge in [-0.2, -0.15) is 0 Å². The van der Waals surface area contributed by atoms with Gasteiger partial charge in [0.25, 0.3) is 0 Å². The summed E-state index contributed by atoms with van der Waals surface area (Å²) in [5.41, 5.74) is 14.6. The molecule has 0 radical (unpaired) electrons. The van der Waals surface area contributed by atoms with Crippen LogP contribution in [-0.4, -0.2) is 4.57 Å². The molecule has 0 atom stereocenters. The van der Waals surface area contributed by atoms with E-state index in [1.54, 1.807) is 0 Å². The van der Waals surface area contributed by atoms with E-state index in [9.17, 15) is 0 Å². The topological polar surface area (TPSA) is 29.0 Å². The van der Waals surface area contributed by atoms with Gasteiger partial charge in [-0.05, 0) is 122 Å². The molecule has 296 valence electrons. The van der Waals surface area contributed by atoms with Gasteiger partial charge in [-0.1, -0.05) is 164 Å². The van der Waals surface area contributed by atoms with Crippen LogP contribution in [0.2, 0.25) is 0 Å². The zero-order valence-electron chi connectivity index (χ0n) is 34.5. The third-order valence-electron chi connectivity index (χ3n) is 12.5. The van der Waals surface area contributed by atoms with Crippen molar-refractivity contribution < 1.29 is 0 Å². The Kier molecular flexibility index (Phi) is 8.83. The van der Waals surface area contributed by atoms with Crippen LogP contribution in [0.15, 0.2) is 237 Å². The van der Waals surface area contributed by atoms with Crippen molar-refractivity contribution in [2.24, 2.45) is 0 Å². The van der Waals surface area contributed by atoms with E-state index in [4.69, 9.17) is 0 Å². The van der Waals surface area contributed by atoms with E-state index in [0.717, 1.165) is 50.6 Å². The molecule has 0 saturated carbocycles. The molecular weight excluding hydrogens is 763 g/mol. The molecular formula is C60H41N3. The Morgan fingerprint density at radius 1 is 0.270 bits per heavy atom. The highest BCUT2D eigenvalue weighted by Crippen LogP contribution is 2.42. The first-order chi connectivity index (χ1) is 31.2. The van der Waals surface area contributed by atoms with E-state index in [2.05, 4.69) is 252 Å². The van der Waals surface area contributed by atoms with Crippen molar-refractivity contribution in [1.29, 1.82) is 0 Å². The minimum atomic E-state index is 1.04. The number of nitrogens with one attached hydrogen (secondary N) is 2. The predicted molar refractivity (Wildman–Crippen MR) is 269 cm³/mol. The summed E-state index contributed by atoms with van der Waals surface area (Å²) in [7, 11) is 0. The molecule has 11 aromatic carbocycles. The summed E-state index contributed by atoms with van der Waals surface area (Å²) in [5, 5.41) is 17.4. The quantitative estimate of drug-likeness (QED) is 0.160. The number of para-hydroxylation sites is 1. The fraction of sp³-hybridized carbons (Fsp3) is 0. The van der Waals surface area contributed by atoms with Crippen molar-refractivity contribution in [2.75, 3.05) is 10.6 Å². The van der Waals surface area contributed by atoms with Gasteiger partial charge in [0.15, 0.2) is 0 Å². The third-order valence-corrected chi connectivity index (χ3v) is 12.5. The highest BCUT2D eigenvalue weighted by molar-refractivity contribution is 6.12. The summed E-state index contributed by atoms with van der Waals surface area (Å²) < 4.78 is 2.43. The lowest BCUT2D eigenvalue weighted by Gasteiger charge is -2.18. The normalized spacial score (nSPS) is 11.5. The van der Waals surface area contributed by atoms with Crippen LogP contribution in [0.3, 0.4) is 0 Å². The summed E-state index contributed by atoms with van der Waals surface area (Å²) in [6, 6.07) is 85.6. The first-order valence-electron chi connectivity index (χ1n) is 21.6. The number of hydrogen-bond acceptors (Lipinski definition) is 2. The smallest absolute Gasteiger partial charge is 0.0541 e. The fourth-order valence-corrected chi connectivity index (χ4v) is 9.41. The highest BCUT2D eigenvalue weighted by atomic mass is 15.0. The molecule has 2 N–H and O–H groups in total. The maximum atomic E-state index is 3.84. The van der Waals surface area contributed by atoms with Gasteiger partial charge < -0.3 is 15.2 Å². The van der Waals surface area contributed by atoms with Crippen molar-refractivity contribution in [3.05, 3.63) is 237 Å². The summed E-state index contributed by atoms with van der Waals surface area (Å²) in [6.45, 7) is 0. The van der Waals surface area contributed by atoms with Crippen molar-refractivity contribution >= 4 is 76.9 Å².